The van der Waals surface area contributed by atoms with Crippen LogP contribution < -0.4 is 0 Å². The maximum atomic E-state index is 12.8. The summed E-state index contributed by atoms with van der Waals surface area (Å²) >= 11 is 0. The zero-order valence-corrected chi connectivity index (χ0v) is 14.0. The van der Waals surface area contributed by atoms with Gasteiger partial charge in [0, 0.05) is 25.5 Å². The molecule has 0 aliphatic carbocycles. The van der Waals surface area contributed by atoms with E-state index < -0.39 is 10.0 Å². The molecule has 0 saturated heterocycles. The molecule has 118 valence electrons. The first kappa shape index (κ1) is 16.6. The van der Waals surface area contributed by atoms with Crippen LogP contribution in [0.4, 0.5) is 0 Å². The van der Waals surface area contributed by atoms with Crippen LogP contribution in [0.5, 0.6) is 0 Å². The van der Waals surface area contributed by atoms with Gasteiger partial charge in [0.25, 0.3) is 0 Å². The zero-order chi connectivity index (χ0) is 16.2. The van der Waals surface area contributed by atoms with Crippen LogP contribution in [-0.2, 0) is 16.6 Å². The Kier molecular flexibility index (Phi) is 5.32. The fourth-order valence-electron chi connectivity index (χ4n) is 2.23. The van der Waals surface area contributed by atoms with Crippen LogP contribution in [0.1, 0.15) is 37.8 Å². The summed E-state index contributed by atoms with van der Waals surface area (Å²) in [7, 11) is -3.48. The van der Waals surface area contributed by atoms with Gasteiger partial charge in [0.05, 0.1) is 4.90 Å². The quantitative estimate of drug-likeness (QED) is 0.820. The van der Waals surface area contributed by atoms with Gasteiger partial charge in [0.2, 0.25) is 10.0 Å². The van der Waals surface area contributed by atoms with Gasteiger partial charge >= 0.3 is 0 Å². The van der Waals surface area contributed by atoms with Crippen molar-refractivity contribution in [3.05, 3.63) is 59.9 Å². The van der Waals surface area contributed by atoms with Crippen LogP contribution in [0.2, 0.25) is 0 Å². The Morgan fingerprint density at radius 2 is 1.64 bits per heavy atom. The highest BCUT2D eigenvalue weighted by atomic mass is 32.2. The van der Waals surface area contributed by atoms with Crippen LogP contribution in [0.3, 0.4) is 0 Å². The molecule has 0 saturated carbocycles. The second-order valence-electron chi connectivity index (χ2n) is 5.51. The van der Waals surface area contributed by atoms with Crippen LogP contribution in [0.15, 0.2) is 53.7 Å². The standard InChI is InChI=1S/C17H22N2O2S/c1-4-19(13-15-9-11-18-12-10-15)22(20,21)17-7-5-16(6-8-17)14(2)3/h5-12,14H,4,13H2,1-3H3. The molecule has 0 bridgehead atoms. The minimum Gasteiger partial charge on any atom is -0.265 e. The van der Waals surface area contributed by atoms with Crippen molar-refractivity contribution in [3.63, 3.8) is 0 Å². The monoisotopic (exact) mass is 318 g/mol. The number of hydrogen-bond acceptors (Lipinski definition) is 3. The van der Waals surface area contributed by atoms with Crippen molar-refractivity contribution in [1.29, 1.82) is 0 Å². The number of benzene rings is 1. The second kappa shape index (κ2) is 7.03. The molecule has 0 atom stereocenters. The average Bonchev–Trinajstić information content (AvgIpc) is 2.53. The summed E-state index contributed by atoms with van der Waals surface area (Å²) in [5, 5.41) is 0. The first-order valence-corrected chi connectivity index (χ1v) is 8.88. The minimum atomic E-state index is -3.48. The van der Waals surface area contributed by atoms with Gasteiger partial charge in [-0.3, -0.25) is 4.98 Å². The maximum Gasteiger partial charge on any atom is 0.243 e. The molecular formula is C17H22N2O2S. The Morgan fingerprint density at radius 3 is 2.14 bits per heavy atom. The molecule has 0 aliphatic rings. The molecule has 5 heteroatoms. The first-order chi connectivity index (χ1) is 10.4. The number of nitrogens with zero attached hydrogens (tertiary/aromatic N) is 2. The molecular weight excluding hydrogens is 296 g/mol. The molecule has 0 amide bonds. The topological polar surface area (TPSA) is 50.3 Å². The van der Waals surface area contributed by atoms with Crippen molar-refractivity contribution in [1.82, 2.24) is 9.29 Å². The van der Waals surface area contributed by atoms with E-state index in [0.717, 1.165) is 11.1 Å². The van der Waals surface area contributed by atoms with Crippen molar-refractivity contribution in [2.45, 2.75) is 38.1 Å². The molecule has 2 rings (SSSR count). The highest BCUT2D eigenvalue weighted by molar-refractivity contribution is 7.89. The third-order valence-corrected chi connectivity index (χ3v) is 5.58. The lowest BCUT2D eigenvalue weighted by Crippen LogP contribution is -2.30. The van der Waals surface area contributed by atoms with Crippen LogP contribution in [0.25, 0.3) is 0 Å². The van der Waals surface area contributed by atoms with Crippen LogP contribution in [0, 0.1) is 0 Å². The lowest BCUT2D eigenvalue weighted by molar-refractivity contribution is 0.423. The fraction of sp³-hybridized carbons (Fsp3) is 0.353. The molecule has 22 heavy (non-hydrogen) atoms. The van der Waals surface area contributed by atoms with Crippen LogP contribution >= 0.6 is 0 Å². The van der Waals surface area contributed by atoms with E-state index in [1.165, 1.54) is 4.31 Å². The van der Waals surface area contributed by atoms with E-state index in [1.807, 2.05) is 31.2 Å². The molecule has 2 aromatic rings. The Hall–Kier alpha value is -1.72. The third kappa shape index (κ3) is 3.72. The van der Waals surface area contributed by atoms with Crippen LogP contribution in [-0.4, -0.2) is 24.3 Å². The van der Waals surface area contributed by atoms with Gasteiger partial charge in [0.15, 0.2) is 0 Å². The molecule has 0 radical (unpaired) electrons. The molecule has 0 fully saturated rings. The van der Waals surface area contributed by atoms with E-state index >= 15 is 0 Å². The predicted molar refractivity (Wildman–Crippen MR) is 88.0 cm³/mol. The predicted octanol–water partition coefficient (Wildman–Crippen LogP) is 3.42. The van der Waals surface area contributed by atoms with Gasteiger partial charge in [0.1, 0.15) is 0 Å². The van der Waals surface area contributed by atoms with Crippen molar-refractivity contribution in [2.75, 3.05) is 6.54 Å². The Morgan fingerprint density at radius 1 is 1.05 bits per heavy atom. The van der Waals surface area contributed by atoms with E-state index in [-0.39, 0.29) is 0 Å². The van der Waals surface area contributed by atoms with E-state index in [1.54, 1.807) is 24.5 Å². The average molecular weight is 318 g/mol. The maximum absolute atomic E-state index is 12.8. The molecule has 1 aromatic heterocycles. The van der Waals surface area contributed by atoms with Crippen molar-refractivity contribution >= 4 is 10.0 Å². The lowest BCUT2D eigenvalue weighted by atomic mass is 10.0. The smallest absolute Gasteiger partial charge is 0.243 e. The largest absolute Gasteiger partial charge is 0.265 e. The number of pyridine rings is 1. The summed E-state index contributed by atoms with van der Waals surface area (Å²) in [6.07, 6.45) is 3.35. The lowest BCUT2D eigenvalue weighted by Gasteiger charge is -2.21. The Labute approximate surface area is 132 Å². The minimum absolute atomic E-state index is 0.341. The van der Waals surface area contributed by atoms with Gasteiger partial charge in [-0.25, -0.2) is 8.42 Å². The Bertz CT molecular complexity index is 695. The molecule has 0 N–H and O–H groups in total. The van der Waals surface area contributed by atoms with Crippen molar-refractivity contribution < 1.29 is 8.42 Å². The highest BCUT2D eigenvalue weighted by Gasteiger charge is 2.23. The summed E-state index contributed by atoms with van der Waals surface area (Å²) in [6.45, 7) is 6.81. The summed E-state index contributed by atoms with van der Waals surface area (Å²) in [5.74, 6) is 0.385. The Balaban J connectivity index is 2.26. The first-order valence-electron chi connectivity index (χ1n) is 7.44. The fourth-order valence-corrected chi connectivity index (χ4v) is 3.67. The summed E-state index contributed by atoms with van der Waals surface area (Å²) in [5.41, 5.74) is 2.07. The molecule has 0 spiro atoms. The third-order valence-electron chi connectivity index (χ3n) is 3.65. The molecule has 4 nitrogen and oxygen atoms in total. The normalized spacial score (nSPS) is 12.0. The van der Waals surface area contributed by atoms with E-state index in [0.29, 0.717) is 23.9 Å². The van der Waals surface area contributed by atoms with E-state index in [2.05, 4.69) is 18.8 Å². The van der Waals surface area contributed by atoms with Gasteiger partial charge in [-0.1, -0.05) is 32.9 Å². The van der Waals surface area contributed by atoms with Gasteiger partial charge in [-0.2, -0.15) is 4.31 Å². The SMILES string of the molecule is CCN(Cc1ccncc1)S(=O)(=O)c1ccc(C(C)C)cc1. The number of rotatable bonds is 6. The molecule has 0 unspecified atom stereocenters. The summed E-state index contributed by atoms with van der Waals surface area (Å²) in [6, 6.07) is 10.8. The number of aromatic nitrogens is 1. The highest BCUT2D eigenvalue weighted by Crippen LogP contribution is 2.21. The van der Waals surface area contributed by atoms with E-state index in [9.17, 15) is 8.42 Å². The molecule has 1 heterocycles. The van der Waals surface area contributed by atoms with Gasteiger partial charge < -0.3 is 0 Å². The van der Waals surface area contributed by atoms with E-state index in [4.69, 9.17) is 0 Å². The summed E-state index contributed by atoms with van der Waals surface area (Å²) < 4.78 is 27.0. The van der Waals surface area contributed by atoms with Crippen molar-refractivity contribution in [3.8, 4) is 0 Å². The van der Waals surface area contributed by atoms with Gasteiger partial charge in [-0.15, -0.1) is 0 Å². The second-order valence-corrected chi connectivity index (χ2v) is 7.45. The molecule has 1 aromatic carbocycles. The zero-order valence-electron chi connectivity index (χ0n) is 13.2. The number of sulfonamides is 1. The summed E-state index contributed by atoms with van der Waals surface area (Å²) in [4.78, 5) is 4.30. The van der Waals surface area contributed by atoms with Gasteiger partial charge in [-0.05, 0) is 41.3 Å². The number of hydrogen-bond donors (Lipinski definition) is 0. The molecule has 0 aliphatic heterocycles. The van der Waals surface area contributed by atoms with Crippen molar-refractivity contribution in [2.24, 2.45) is 0 Å².